The first-order valence-electron chi connectivity index (χ1n) is 7.12. The number of rotatable bonds is 5. The van der Waals surface area contributed by atoms with E-state index in [2.05, 4.69) is 5.32 Å². The highest BCUT2D eigenvalue weighted by molar-refractivity contribution is 5.94. The topological polar surface area (TPSA) is 78.7 Å². The summed E-state index contributed by atoms with van der Waals surface area (Å²) in [5.41, 5.74) is 6.73. The SMILES string of the molecule is CN(CC(=O)N1CCNCC1)Cc1ccccc1C(N)=O. The standard InChI is InChI=1S/C15H22N4O2/c1-18(11-14(20)19-8-6-17-7-9-19)10-12-4-2-3-5-13(12)15(16)21/h2-5,17H,6-11H2,1H3,(H2,16,21). The van der Waals surface area contributed by atoms with Crippen molar-refractivity contribution in [1.29, 1.82) is 0 Å². The molecule has 0 radical (unpaired) electrons. The molecule has 1 fully saturated rings. The first-order chi connectivity index (χ1) is 10.1. The van der Waals surface area contributed by atoms with Crippen LogP contribution in [0.1, 0.15) is 15.9 Å². The molecule has 0 unspecified atom stereocenters. The zero-order valence-electron chi connectivity index (χ0n) is 12.3. The van der Waals surface area contributed by atoms with Crippen molar-refractivity contribution in [2.75, 3.05) is 39.8 Å². The zero-order valence-corrected chi connectivity index (χ0v) is 12.3. The highest BCUT2D eigenvalue weighted by Gasteiger charge is 2.18. The molecule has 1 aliphatic rings. The molecule has 114 valence electrons. The Labute approximate surface area is 124 Å². The third-order valence-electron chi connectivity index (χ3n) is 3.60. The molecule has 1 heterocycles. The molecule has 6 heteroatoms. The van der Waals surface area contributed by atoms with Crippen LogP contribution in [0.5, 0.6) is 0 Å². The Hall–Kier alpha value is -1.92. The zero-order chi connectivity index (χ0) is 15.2. The van der Waals surface area contributed by atoms with E-state index in [9.17, 15) is 9.59 Å². The number of hydrogen-bond acceptors (Lipinski definition) is 4. The van der Waals surface area contributed by atoms with Crippen LogP contribution in [-0.4, -0.2) is 61.4 Å². The Morgan fingerprint density at radius 3 is 2.62 bits per heavy atom. The molecule has 1 aromatic rings. The monoisotopic (exact) mass is 290 g/mol. The fourth-order valence-corrected chi connectivity index (χ4v) is 2.49. The number of carbonyl (C=O) groups is 2. The summed E-state index contributed by atoms with van der Waals surface area (Å²) in [6.07, 6.45) is 0. The van der Waals surface area contributed by atoms with Crippen molar-refractivity contribution < 1.29 is 9.59 Å². The van der Waals surface area contributed by atoms with E-state index in [1.54, 1.807) is 12.1 Å². The Morgan fingerprint density at radius 1 is 1.29 bits per heavy atom. The van der Waals surface area contributed by atoms with Gasteiger partial charge in [0.05, 0.1) is 6.54 Å². The Morgan fingerprint density at radius 2 is 1.95 bits per heavy atom. The summed E-state index contributed by atoms with van der Waals surface area (Å²) in [7, 11) is 1.87. The average molecular weight is 290 g/mol. The van der Waals surface area contributed by atoms with E-state index >= 15 is 0 Å². The summed E-state index contributed by atoms with van der Waals surface area (Å²) in [4.78, 5) is 27.4. The van der Waals surface area contributed by atoms with Gasteiger partial charge in [-0.2, -0.15) is 0 Å². The lowest BCUT2D eigenvalue weighted by atomic mass is 10.1. The molecule has 0 bridgehead atoms. The predicted molar refractivity (Wildman–Crippen MR) is 80.7 cm³/mol. The number of amides is 2. The van der Waals surface area contributed by atoms with Crippen LogP contribution < -0.4 is 11.1 Å². The Balaban J connectivity index is 1.93. The number of carbonyl (C=O) groups excluding carboxylic acids is 2. The van der Waals surface area contributed by atoms with Gasteiger partial charge in [-0.3, -0.25) is 14.5 Å². The lowest BCUT2D eigenvalue weighted by Gasteiger charge is -2.29. The van der Waals surface area contributed by atoms with Crippen LogP contribution in [0.3, 0.4) is 0 Å². The Bertz CT molecular complexity index is 512. The summed E-state index contributed by atoms with van der Waals surface area (Å²) < 4.78 is 0. The van der Waals surface area contributed by atoms with Crippen LogP contribution >= 0.6 is 0 Å². The molecule has 0 atom stereocenters. The van der Waals surface area contributed by atoms with E-state index in [1.165, 1.54) is 0 Å². The first kappa shape index (κ1) is 15.5. The van der Waals surface area contributed by atoms with Gasteiger partial charge in [-0.25, -0.2) is 0 Å². The van der Waals surface area contributed by atoms with Crippen molar-refractivity contribution in [3.63, 3.8) is 0 Å². The number of nitrogens with one attached hydrogen (secondary N) is 1. The Kier molecular flexibility index (Phi) is 5.30. The normalized spacial score (nSPS) is 15.2. The van der Waals surface area contributed by atoms with E-state index in [0.717, 1.165) is 31.7 Å². The lowest BCUT2D eigenvalue weighted by Crippen LogP contribution is -2.49. The maximum Gasteiger partial charge on any atom is 0.249 e. The number of nitrogens with two attached hydrogens (primary N) is 1. The molecule has 3 N–H and O–H groups in total. The van der Waals surface area contributed by atoms with E-state index in [4.69, 9.17) is 5.73 Å². The fraction of sp³-hybridized carbons (Fsp3) is 0.467. The second-order valence-electron chi connectivity index (χ2n) is 5.32. The predicted octanol–water partition coefficient (Wildman–Crippen LogP) is -0.351. The second-order valence-corrected chi connectivity index (χ2v) is 5.32. The van der Waals surface area contributed by atoms with Gasteiger partial charge >= 0.3 is 0 Å². The summed E-state index contributed by atoms with van der Waals surface area (Å²) >= 11 is 0. The van der Waals surface area contributed by atoms with Gasteiger partial charge in [0.2, 0.25) is 11.8 Å². The fourth-order valence-electron chi connectivity index (χ4n) is 2.49. The molecular weight excluding hydrogens is 268 g/mol. The molecule has 2 amide bonds. The van der Waals surface area contributed by atoms with E-state index in [-0.39, 0.29) is 5.91 Å². The summed E-state index contributed by atoms with van der Waals surface area (Å²) in [5.74, 6) is -0.317. The molecule has 0 spiro atoms. The molecule has 21 heavy (non-hydrogen) atoms. The van der Waals surface area contributed by atoms with Crippen LogP contribution in [0, 0.1) is 0 Å². The quantitative estimate of drug-likeness (QED) is 0.777. The van der Waals surface area contributed by atoms with Gasteiger partial charge in [-0.1, -0.05) is 18.2 Å². The van der Waals surface area contributed by atoms with Crippen molar-refractivity contribution in [2.24, 2.45) is 5.73 Å². The van der Waals surface area contributed by atoms with Crippen LogP contribution in [-0.2, 0) is 11.3 Å². The van der Waals surface area contributed by atoms with Gasteiger partial charge in [0, 0.05) is 38.3 Å². The maximum absolute atomic E-state index is 12.2. The van der Waals surface area contributed by atoms with Crippen molar-refractivity contribution >= 4 is 11.8 Å². The van der Waals surface area contributed by atoms with Crippen LogP contribution in [0.4, 0.5) is 0 Å². The first-order valence-corrected chi connectivity index (χ1v) is 7.12. The highest BCUT2D eigenvalue weighted by Crippen LogP contribution is 2.10. The van der Waals surface area contributed by atoms with E-state index in [1.807, 2.05) is 29.0 Å². The number of hydrogen-bond donors (Lipinski definition) is 2. The highest BCUT2D eigenvalue weighted by atomic mass is 16.2. The minimum Gasteiger partial charge on any atom is -0.366 e. The minimum atomic E-state index is -0.438. The van der Waals surface area contributed by atoms with Crippen LogP contribution in [0.2, 0.25) is 0 Å². The third kappa shape index (κ3) is 4.27. The number of likely N-dealkylation sites (N-methyl/N-ethyl adjacent to an activating group) is 1. The van der Waals surface area contributed by atoms with Gasteiger partial charge in [0.25, 0.3) is 0 Å². The van der Waals surface area contributed by atoms with Crippen molar-refractivity contribution in [3.05, 3.63) is 35.4 Å². The molecular formula is C15H22N4O2. The number of piperazine rings is 1. The van der Waals surface area contributed by atoms with Gasteiger partial charge in [0.1, 0.15) is 0 Å². The van der Waals surface area contributed by atoms with Gasteiger partial charge < -0.3 is 16.0 Å². The van der Waals surface area contributed by atoms with Gasteiger partial charge in [-0.05, 0) is 18.7 Å². The number of benzene rings is 1. The molecule has 1 aliphatic heterocycles. The minimum absolute atomic E-state index is 0.121. The van der Waals surface area contributed by atoms with Crippen molar-refractivity contribution in [3.8, 4) is 0 Å². The smallest absolute Gasteiger partial charge is 0.249 e. The average Bonchev–Trinajstić information content (AvgIpc) is 2.48. The lowest BCUT2D eigenvalue weighted by molar-refractivity contribution is -0.132. The van der Waals surface area contributed by atoms with E-state index in [0.29, 0.717) is 18.7 Å². The van der Waals surface area contributed by atoms with Crippen molar-refractivity contribution in [1.82, 2.24) is 15.1 Å². The van der Waals surface area contributed by atoms with Gasteiger partial charge in [0.15, 0.2) is 0 Å². The maximum atomic E-state index is 12.2. The van der Waals surface area contributed by atoms with Crippen molar-refractivity contribution in [2.45, 2.75) is 6.54 Å². The number of nitrogens with zero attached hydrogens (tertiary/aromatic N) is 2. The molecule has 0 aliphatic carbocycles. The third-order valence-corrected chi connectivity index (χ3v) is 3.60. The second kappa shape index (κ2) is 7.19. The van der Waals surface area contributed by atoms with Crippen LogP contribution in [0.25, 0.3) is 0 Å². The largest absolute Gasteiger partial charge is 0.366 e. The summed E-state index contributed by atoms with van der Waals surface area (Å²) in [6.45, 7) is 4.07. The molecule has 6 nitrogen and oxygen atoms in total. The molecule has 2 rings (SSSR count). The summed E-state index contributed by atoms with van der Waals surface area (Å²) in [6, 6.07) is 7.23. The molecule has 1 saturated heterocycles. The van der Waals surface area contributed by atoms with Crippen LogP contribution in [0.15, 0.2) is 24.3 Å². The van der Waals surface area contributed by atoms with E-state index < -0.39 is 5.91 Å². The molecule has 1 aromatic carbocycles. The molecule has 0 aromatic heterocycles. The van der Waals surface area contributed by atoms with Gasteiger partial charge in [-0.15, -0.1) is 0 Å². The summed E-state index contributed by atoms with van der Waals surface area (Å²) in [5, 5.41) is 3.22. The molecule has 0 saturated carbocycles. The number of primary amides is 1.